The van der Waals surface area contributed by atoms with Crippen molar-refractivity contribution in [3.05, 3.63) is 34.9 Å². The number of nitrogens with one attached hydrogen (secondary N) is 2. The van der Waals surface area contributed by atoms with Crippen molar-refractivity contribution in [2.24, 2.45) is 5.92 Å². The summed E-state index contributed by atoms with van der Waals surface area (Å²) in [4.78, 5) is 53.8. The summed E-state index contributed by atoms with van der Waals surface area (Å²) in [6.45, 7) is 14.9. The van der Waals surface area contributed by atoms with E-state index in [1.165, 1.54) is 12.0 Å². The second kappa shape index (κ2) is 15.3. The van der Waals surface area contributed by atoms with Crippen molar-refractivity contribution in [1.29, 1.82) is 0 Å². The van der Waals surface area contributed by atoms with Gasteiger partial charge in [-0.15, -0.1) is 0 Å². The lowest BCUT2D eigenvalue weighted by Crippen LogP contribution is -2.55. The number of nitrogens with zero attached hydrogens (tertiary/aromatic N) is 1. The van der Waals surface area contributed by atoms with Crippen molar-refractivity contribution in [2.75, 3.05) is 20.2 Å². The SMILES string of the molecule is CCCCCCN(C(=O)C(NC(=O)OC(C)(C)C)C(C)C)C(C(=O)NCC(=O)OC)c1cccc(C)c1C. The molecule has 0 aliphatic heterocycles. The Morgan fingerprint density at radius 3 is 2.24 bits per heavy atom. The van der Waals surface area contributed by atoms with Gasteiger partial charge >= 0.3 is 12.1 Å². The first-order chi connectivity index (χ1) is 17.7. The first-order valence-electron chi connectivity index (χ1n) is 13.4. The summed E-state index contributed by atoms with van der Waals surface area (Å²) in [7, 11) is 1.25. The largest absolute Gasteiger partial charge is 0.468 e. The van der Waals surface area contributed by atoms with Crippen molar-refractivity contribution < 1.29 is 28.7 Å². The van der Waals surface area contributed by atoms with Crippen LogP contribution < -0.4 is 10.6 Å². The van der Waals surface area contributed by atoms with Gasteiger partial charge in [0.2, 0.25) is 11.8 Å². The Kier molecular flexibility index (Phi) is 13.3. The molecular weight excluding hydrogens is 486 g/mol. The molecule has 1 aromatic rings. The number of hydrogen-bond acceptors (Lipinski definition) is 6. The fourth-order valence-electron chi connectivity index (χ4n) is 4.05. The van der Waals surface area contributed by atoms with Crippen LogP contribution in [0.5, 0.6) is 0 Å². The number of esters is 1. The number of rotatable bonds is 13. The molecule has 9 nitrogen and oxygen atoms in total. The molecule has 214 valence electrons. The summed E-state index contributed by atoms with van der Waals surface area (Å²) in [5.41, 5.74) is 1.77. The molecule has 1 rings (SSSR count). The molecule has 1 aromatic carbocycles. The molecule has 0 fully saturated rings. The van der Waals surface area contributed by atoms with Gasteiger partial charge in [0.1, 0.15) is 24.2 Å². The predicted molar refractivity (Wildman–Crippen MR) is 148 cm³/mol. The standard InChI is InChI=1S/C29H47N3O6/c1-10-11-12-13-17-32(27(35)24(19(2)3)31-28(36)38-29(6,7)8)25(26(34)30-18-23(33)37-9)22-16-14-15-20(4)21(22)5/h14-16,19,24-25H,10-13,17-18H2,1-9H3,(H,30,34)(H,31,36). The number of ether oxygens (including phenoxy) is 2. The van der Waals surface area contributed by atoms with Crippen LogP contribution in [-0.2, 0) is 23.9 Å². The van der Waals surface area contributed by atoms with E-state index in [1.807, 2.05) is 45.9 Å². The predicted octanol–water partition coefficient (Wildman–Crippen LogP) is 4.59. The number of carbonyl (C=O) groups is 4. The van der Waals surface area contributed by atoms with Gasteiger partial charge < -0.3 is 25.0 Å². The molecule has 38 heavy (non-hydrogen) atoms. The molecule has 0 bridgehead atoms. The Bertz CT molecular complexity index is 954. The molecule has 0 spiro atoms. The quantitative estimate of drug-likeness (QED) is 0.283. The van der Waals surface area contributed by atoms with Crippen LogP contribution in [0.15, 0.2) is 18.2 Å². The van der Waals surface area contributed by atoms with E-state index in [0.29, 0.717) is 18.5 Å². The van der Waals surface area contributed by atoms with Crippen LogP contribution in [0.1, 0.15) is 90.0 Å². The summed E-state index contributed by atoms with van der Waals surface area (Å²) in [6, 6.07) is 3.68. The molecule has 2 unspecified atom stereocenters. The minimum atomic E-state index is -1.00. The molecule has 9 heteroatoms. The lowest BCUT2D eigenvalue weighted by atomic mass is 9.93. The van der Waals surface area contributed by atoms with Gasteiger partial charge in [-0.25, -0.2) is 4.79 Å². The summed E-state index contributed by atoms with van der Waals surface area (Å²) < 4.78 is 10.1. The highest BCUT2D eigenvalue weighted by Gasteiger charge is 2.38. The third-order valence-electron chi connectivity index (χ3n) is 6.28. The monoisotopic (exact) mass is 533 g/mol. The Morgan fingerprint density at radius 1 is 1.03 bits per heavy atom. The van der Waals surface area contributed by atoms with E-state index < -0.39 is 35.7 Å². The van der Waals surface area contributed by atoms with E-state index in [4.69, 9.17) is 4.74 Å². The summed E-state index contributed by atoms with van der Waals surface area (Å²) in [5.74, 6) is -1.75. The second-order valence-corrected chi connectivity index (χ2v) is 10.9. The zero-order valence-electron chi connectivity index (χ0n) is 24.6. The summed E-state index contributed by atoms with van der Waals surface area (Å²) in [5, 5.41) is 5.36. The Morgan fingerprint density at radius 2 is 1.68 bits per heavy atom. The molecular formula is C29H47N3O6. The van der Waals surface area contributed by atoms with Crippen molar-refractivity contribution in [1.82, 2.24) is 15.5 Å². The maximum atomic E-state index is 14.1. The zero-order valence-corrected chi connectivity index (χ0v) is 24.6. The smallest absolute Gasteiger partial charge is 0.408 e. The second-order valence-electron chi connectivity index (χ2n) is 10.9. The number of hydrogen-bond donors (Lipinski definition) is 2. The highest BCUT2D eigenvalue weighted by Crippen LogP contribution is 2.28. The molecule has 0 radical (unpaired) electrons. The topological polar surface area (TPSA) is 114 Å². The maximum absolute atomic E-state index is 14.1. The minimum absolute atomic E-state index is 0.273. The van der Waals surface area contributed by atoms with Crippen LogP contribution >= 0.6 is 0 Å². The van der Waals surface area contributed by atoms with Crippen LogP contribution in [0.25, 0.3) is 0 Å². The van der Waals surface area contributed by atoms with Crippen molar-refractivity contribution in [2.45, 2.75) is 98.8 Å². The third kappa shape index (κ3) is 10.3. The molecule has 0 aromatic heterocycles. The number of benzene rings is 1. The zero-order chi connectivity index (χ0) is 29.0. The van der Waals surface area contributed by atoms with Crippen molar-refractivity contribution >= 4 is 23.9 Å². The van der Waals surface area contributed by atoms with E-state index in [1.54, 1.807) is 20.8 Å². The number of unbranched alkanes of at least 4 members (excludes halogenated alkanes) is 3. The van der Waals surface area contributed by atoms with Gasteiger partial charge in [-0.1, -0.05) is 58.2 Å². The van der Waals surface area contributed by atoms with Gasteiger partial charge in [0.25, 0.3) is 0 Å². The highest BCUT2D eigenvalue weighted by molar-refractivity contribution is 5.93. The van der Waals surface area contributed by atoms with Gasteiger partial charge in [-0.3, -0.25) is 14.4 Å². The molecule has 0 heterocycles. The molecule has 0 aliphatic carbocycles. The van der Waals surface area contributed by atoms with Gasteiger partial charge in [0, 0.05) is 6.54 Å². The first-order valence-corrected chi connectivity index (χ1v) is 13.4. The lowest BCUT2D eigenvalue weighted by molar-refractivity contribution is -0.145. The van der Waals surface area contributed by atoms with Crippen LogP contribution in [0.2, 0.25) is 0 Å². The molecule has 2 atom stereocenters. The van der Waals surface area contributed by atoms with Gasteiger partial charge in [-0.2, -0.15) is 0 Å². The van der Waals surface area contributed by atoms with Crippen LogP contribution in [-0.4, -0.2) is 60.6 Å². The molecule has 0 saturated carbocycles. The molecule has 2 N–H and O–H groups in total. The normalized spacial score (nSPS) is 12.9. The highest BCUT2D eigenvalue weighted by atomic mass is 16.6. The average Bonchev–Trinajstić information content (AvgIpc) is 2.83. The maximum Gasteiger partial charge on any atom is 0.408 e. The van der Waals surface area contributed by atoms with Gasteiger partial charge in [0.15, 0.2) is 0 Å². The van der Waals surface area contributed by atoms with E-state index in [2.05, 4.69) is 22.3 Å². The van der Waals surface area contributed by atoms with Crippen LogP contribution in [0, 0.1) is 19.8 Å². The van der Waals surface area contributed by atoms with Gasteiger partial charge in [0.05, 0.1) is 7.11 Å². The van der Waals surface area contributed by atoms with Crippen molar-refractivity contribution in [3.63, 3.8) is 0 Å². The van der Waals surface area contributed by atoms with E-state index in [0.717, 1.165) is 30.4 Å². The Labute approximate surface area is 228 Å². The summed E-state index contributed by atoms with van der Waals surface area (Å²) >= 11 is 0. The molecule has 0 aliphatic rings. The first kappa shape index (κ1) is 32.9. The fourth-order valence-corrected chi connectivity index (χ4v) is 4.05. The number of aryl methyl sites for hydroxylation is 1. The fraction of sp³-hybridized carbons (Fsp3) is 0.655. The minimum Gasteiger partial charge on any atom is -0.468 e. The van der Waals surface area contributed by atoms with E-state index in [9.17, 15) is 19.2 Å². The Balaban J connectivity index is 3.55. The average molecular weight is 534 g/mol. The van der Waals surface area contributed by atoms with E-state index in [-0.39, 0.29) is 18.4 Å². The van der Waals surface area contributed by atoms with Crippen LogP contribution in [0.3, 0.4) is 0 Å². The van der Waals surface area contributed by atoms with Gasteiger partial charge in [-0.05, 0) is 63.6 Å². The Hall–Kier alpha value is -3.10. The lowest BCUT2D eigenvalue weighted by Gasteiger charge is -2.36. The summed E-state index contributed by atoms with van der Waals surface area (Å²) in [6.07, 6.45) is 2.88. The number of alkyl carbamates (subject to hydrolysis) is 1. The van der Waals surface area contributed by atoms with Crippen molar-refractivity contribution in [3.8, 4) is 0 Å². The number of amides is 3. The molecule has 0 saturated heterocycles. The third-order valence-corrected chi connectivity index (χ3v) is 6.28. The number of methoxy groups -OCH3 is 1. The van der Waals surface area contributed by atoms with Crippen LogP contribution in [0.4, 0.5) is 4.79 Å². The van der Waals surface area contributed by atoms with E-state index >= 15 is 0 Å². The number of carbonyl (C=O) groups excluding carboxylic acids is 4. The molecule has 3 amide bonds.